The van der Waals surface area contributed by atoms with Gasteiger partial charge < -0.3 is 10.5 Å². The number of benzene rings is 2. The quantitative estimate of drug-likeness (QED) is 0.895. The summed E-state index contributed by atoms with van der Waals surface area (Å²) in [6, 6.07) is 14.9. The second-order valence-electron chi connectivity index (χ2n) is 6.36. The van der Waals surface area contributed by atoms with Crippen molar-refractivity contribution < 1.29 is 9.13 Å². The summed E-state index contributed by atoms with van der Waals surface area (Å²) in [5.74, 6) is 1.07. The molecule has 1 aliphatic heterocycles. The molecule has 24 heavy (non-hydrogen) atoms. The Labute approximate surface area is 149 Å². The standard InChI is InChI=1S/C19H23FN2O.ClH/c1-14-10-22(12-19(14)21)11-15-5-4-7-17(9-15)23-13-16-6-2-3-8-18(16)20;/h2-9,14,19H,10-13,21H2,1H3;1H. The molecule has 0 spiro atoms. The van der Waals surface area contributed by atoms with Gasteiger partial charge in [0.25, 0.3) is 0 Å². The average molecular weight is 351 g/mol. The number of hydrogen-bond donors (Lipinski definition) is 1. The van der Waals surface area contributed by atoms with Gasteiger partial charge in [0.05, 0.1) is 0 Å². The summed E-state index contributed by atoms with van der Waals surface area (Å²) in [5, 5.41) is 0. The van der Waals surface area contributed by atoms with Crippen LogP contribution in [0.5, 0.6) is 5.75 Å². The summed E-state index contributed by atoms with van der Waals surface area (Å²) < 4.78 is 19.4. The van der Waals surface area contributed by atoms with Crippen LogP contribution in [0.3, 0.4) is 0 Å². The third-order valence-electron chi connectivity index (χ3n) is 4.40. The predicted octanol–water partition coefficient (Wildman–Crippen LogP) is 3.61. The molecule has 3 rings (SSSR count). The first-order chi connectivity index (χ1) is 11.1. The van der Waals surface area contributed by atoms with Crippen LogP contribution in [-0.2, 0) is 13.2 Å². The number of halogens is 2. The number of nitrogens with zero attached hydrogens (tertiary/aromatic N) is 1. The van der Waals surface area contributed by atoms with Crippen LogP contribution in [0.4, 0.5) is 4.39 Å². The molecule has 3 nitrogen and oxygen atoms in total. The highest BCUT2D eigenvalue weighted by Gasteiger charge is 2.26. The lowest BCUT2D eigenvalue weighted by Gasteiger charge is -2.16. The summed E-state index contributed by atoms with van der Waals surface area (Å²) in [4.78, 5) is 2.37. The Morgan fingerprint density at radius 2 is 1.96 bits per heavy atom. The van der Waals surface area contributed by atoms with Crippen molar-refractivity contribution in [2.75, 3.05) is 13.1 Å². The van der Waals surface area contributed by atoms with Crippen LogP contribution in [-0.4, -0.2) is 24.0 Å². The van der Waals surface area contributed by atoms with Gasteiger partial charge in [0.1, 0.15) is 18.2 Å². The van der Waals surface area contributed by atoms with E-state index in [0.29, 0.717) is 11.5 Å². The highest BCUT2D eigenvalue weighted by atomic mass is 35.5. The minimum absolute atomic E-state index is 0. The van der Waals surface area contributed by atoms with Crippen molar-refractivity contribution >= 4 is 12.4 Å². The molecule has 130 valence electrons. The fraction of sp³-hybridized carbons (Fsp3) is 0.368. The first kappa shape index (κ1) is 18.7. The second-order valence-corrected chi connectivity index (χ2v) is 6.36. The van der Waals surface area contributed by atoms with Crippen LogP contribution in [0.2, 0.25) is 0 Å². The smallest absolute Gasteiger partial charge is 0.129 e. The number of hydrogen-bond acceptors (Lipinski definition) is 3. The van der Waals surface area contributed by atoms with Crippen LogP contribution >= 0.6 is 12.4 Å². The maximum atomic E-state index is 13.6. The van der Waals surface area contributed by atoms with Crippen molar-refractivity contribution in [2.45, 2.75) is 26.1 Å². The van der Waals surface area contributed by atoms with Crippen molar-refractivity contribution in [3.8, 4) is 5.75 Å². The van der Waals surface area contributed by atoms with Gasteiger partial charge in [-0.25, -0.2) is 4.39 Å². The molecule has 2 N–H and O–H groups in total. The molecule has 2 atom stereocenters. The predicted molar refractivity (Wildman–Crippen MR) is 96.8 cm³/mol. The second kappa shape index (κ2) is 8.47. The fourth-order valence-corrected chi connectivity index (χ4v) is 2.99. The van der Waals surface area contributed by atoms with Crippen molar-refractivity contribution in [1.82, 2.24) is 4.90 Å². The van der Waals surface area contributed by atoms with E-state index in [4.69, 9.17) is 10.5 Å². The van der Waals surface area contributed by atoms with Gasteiger partial charge in [0.2, 0.25) is 0 Å². The van der Waals surface area contributed by atoms with E-state index >= 15 is 0 Å². The molecule has 0 radical (unpaired) electrons. The minimum atomic E-state index is -0.233. The van der Waals surface area contributed by atoms with E-state index in [1.54, 1.807) is 12.1 Å². The van der Waals surface area contributed by atoms with E-state index in [9.17, 15) is 4.39 Å². The van der Waals surface area contributed by atoms with E-state index < -0.39 is 0 Å². The lowest BCUT2D eigenvalue weighted by molar-refractivity contribution is 0.296. The molecule has 0 bridgehead atoms. The largest absolute Gasteiger partial charge is 0.489 e. The lowest BCUT2D eigenvalue weighted by atomic mass is 10.1. The van der Waals surface area contributed by atoms with Gasteiger partial charge in [-0.05, 0) is 29.7 Å². The van der Waals surface area contributed by atoms with Crippen molar-refractivity contribution in [3.05, 3.63) is 65.5 Å². The van der Waals surface area contributed by atoms with Crippen LogP contribution in [0.15, 0.2) is 48.5 Å². The molecular weight excluding hydrogens is 327 g/mol. The van der Waals surface area contributed by atoms with E-state index in [-0.39, 0.29) is 30.9 Å². The molecule has 0 aromatic heterocycles. The maximum absolute atomic E-state index is 13.6. The minimum Gasteiger partial charge on any atom is -0.489 e. The molecule has 1 fully saturated rings. The normalized spacial score (nSPS) is 20.6. The van der Waals surface area contributed by atoms with Crippen LogP contribution in [0.25, 0.3) is 0 Å². The lowest BCUT2D eigenvalue weighted by Crippen LogP contribution is -2.28. The van der Waals surface area contributed by atoms with Crippen LogP contribution in [0, 0.1) is 11.7 Å². The van der Waals surface area contributed by atoms with E-state index in [0.717, 1.165) is 25.4 Å². The van der Waals surface area contributed by atoms with Gasteiger partial charge in [-0.3, -0.25) is 4.90 Å². The molecule has 2 unspecified atom stereocenters. The first-order valence-corrected chi connectivity index (χ1v) is 8.05. The monoisotopic (exact) mass is 350 g/mol. The van der Waals surface area contributed by atoms with Crippen LogP contribution < -0.4 is 10.5 Å². The highest BCUT2D eigenvalue weighted by molar-refractivity contribution is 5.85. The number of ether oxygens (including phenoxy) is 1. The van der Waals surface area contributed by atoms with Crippen LogP contribution in [0.1, 0.15) is 18.1 Å². The summed E-state index contributed by atoms with van der Waals surface area (Å²) in [5.41, 5.74) is 7.84. The molecule has 1 heterocycles. The summed E-state index contributed by atoms with van der Waals surface area (Å²) in [6.45, 7) is 5.26. The Kier molecular flexibility index (Phi) is 6.60. The van der Waals surface area contributed by atoms with Gasteiger partial charge in [-0.2, -0.15) is 0 Å². The molecule has 0 saturated carbocycles. The topological polar surface area (TPSA) is 38.5 Å². The summed E-state index contributed by atoms with van der Waals surface area (Å²) >= 11 is 0. The molecule has 2 aromatic rings. The molecule has 1 saturated heterocycles. The number of nitrogens with two attached hydrogens (primary N) is 1. The maximum Gasteiger partial charge on any atom is 0.129 e. The van der Waals surface area contributed by atoms with Crippen molar-refractivity contribution in [3.63, 3.8) is 0 Å². The zero-order valence-electron chi connectivity index (χ0n) is 13.8. The number of rotatable bonds is 5. The number of likely N-dealkylation sites (tertiary alicyclic amines) is 1. The van der Waals surface area contributed by atoms with Gasteiger partial charge in [-0.1, -0.05) is 37.3 Å². The Balaban J connectivity index is 0.00000208. The van der Waals surface area contributed by atoms with Gasteiger partial charge >= 0.3 is 0 Å². The highest BCUT2D eigenvalue weighted by Crippen LogP contribution is 2.21. The Morgan fingerprint density at radius 3 is 2.67 bits per heavy atom. The Hall–Kier alpha value is -1.62. The van der Waals surface area contributed by atoms with Crippen molar-refractivity contribution in [1.29, 1.82) is 0 Å². The van der Waals surface area contributed by atoms with E-state index in [1.165, 1.54) is 11.6 Å². The Morgan fingerprint density at radius 1 is 1.17 bits per heavy atom. The molecule has 1 aliphatic rings. The third kappa shape index (κ3) is 4.69. The molecule has 2 aromatic carbocycles. The first-order valence-electron chi connectivity index (χ1n) is 8.05. The molecule has 0 amide bonds. The summed E-state index contributed by atoms with van der Waals surface area (Å²) in [6.07, 6.45) is 0. The molecular formula is C19H24ClFN2O. The fourth-order valence-electron chi connectivity index (χ4n) is 2.99. The molecule has 0 aliphatic carbocycles. The SMILES string of the molecule is CC1CN(Cc2cccc(OCc3ccccc3F)c2)CC1N.Cl. The van der Waals surface area contributed by atoms with Gasteiger partial charge in [0.15, 0.2) is 0 Å². The van der Waals surface area contributed by atoms with E-state index in [2.05, 4.69) is 17.9 Å². The Bertz CT molecular complexity index is 657. The molecule has 5 heteroatoms. The third-order valence-corrected chi connectivity index (χ3v) is 4.40. The zero-order valence-corrected chi connectivity index (χ0v) is 14.6. The average Bonchev–Trinajstić information content (AvgIpc) is 2.85. The van der Waals surface area contributed by atoms with Crippen molar-refractivity contribution in [2.24, 2.45) is 11.7 Å². The van der Waals surface area contributed by atoms with E-state index in [1.807, 2.05) is 24.3 Å². The van der Waals surface area contributed by atoms with Gasteiger partial charge in [0, 0.05) is 31.2 Å². The van der Waals surface area contributed by atoms with Gasteiger partial charge in [-0.15, -0.1) is 12.4 Å². The zero-order chi connectivity index (χ0) is 16.2. The summed E-state index contributed by atoms with van der Waals surface area (Å²) in [7, 11) is 0.